The smallest absolute Gasteiger partial charge is 0.134 e. The normalized spacial score (nSPS) is 16.7. The molecule has 0 aliphatic carbocycles. The van der Waals surface area contributed by atoms with Crippen LogP contribution in [0.2, 0.25) is 0 Å². The summed E-state index contributed by atoms with van der Waals surface area (Å²) in [6.07, 6.45) is 2.87. The highest BCUT2D eigenvalue weighted by atomic mass is 32.1. The highest BCUT2D eigenvalue weighted by Crippen LogP contribution is 2.36. The quantitative estimate of drug-likeness (QED) is 0.527. The summed E-state index contributed by atoms with van der Waals surface area (Å²) >= 11 is 1.67. The molecule has 0 bridgehead atoms. The molecule has 3 heterocycles. The average molecular weight is 386 g/mol. The minimum atomic E-state index is 0.773. The summed E-state index contributed by atoms with van der Waals surface area (Å²) in [5.74, 6) is 0. The van der Waals surface area contributed by atoms with E-state index in [0.29, 0.717) is 0 Å². The molecular formula is C23H21N4S+. The van der Waals surface area contributed by atoms with E-state index >= 15 is 0 Å². The molecule has 0 spiro atoms. The largest absolute Gasteiger partial charge is 0.344 e. The highest BCUT2D eigenvalue weighted by Gasteiger charge is 2.24. The third-order valence-electron chi connectivity index (χ3n) is 5.72. The van der Waals surface area contributed by atoms with Crippen LogP contribution in [0.4, 0.5) is 5.00 Å². The summed E-state index contributed by atoms with van der Waals surface area (Å²) in [5, 5.41) is 13.0. The van der Waals surface area contributed by atoms with Crippen molar-refractivity contribution >= 4 is 44.4 Å². The Hall–Kier alpha value is -2.94. The van der Waals surface area contributed by atoms with Crippen molar-refractivity contribution in [3.05, 3.63) is 64.0 Å². The molecule has 0 radical (unpaired) electrons. The van der Waals surface area contributed by atoms with Crippen molar-refractivity contribution in [2.75, 3.05) is 13.6 Å². The second kappa shape index (κ2) is 6.59. The number of nitrogens with zero attached hydrogens (tertiary/aromatic N) is 3. The second-order valence-corrected chi connectivity index (χ2v) is 8.62. The van der Waals surface area contributed by atoms with Gasteiger partial charge in [-0.3, -0.25) is 0 Å². The van der Waals surface area contributed by atoms with Crippen LogP contribution in [0, 0.1) is 11.3 Å². The molecule has 2 aromatic heterocycles. The minimum absolute atomic E-state index is 0.773. The number of aliphatic imine (C=N–C) groups is 1. The van der Waals surface area contributed by atoms with Gasteiger partial charge < -0.3 is 9.47 Å². The maximum absolute atomic E-state index is 9.66. The second-order valence-electron chi connectivity index (χ2n) is 7.54. The molecular weight excluding hydrogens is 364 g/mol. The van der Waals surface area contributed by atoms with Gasteiger partial charge in [0.2, 0.25) is 0 Å². The highest BCUT2D eigenvalue weighted by molar-refractivity contribution is 7.16. The number of fused-ring (bicyclic) bond motifs is 4. The molecule has 0 amide bonds. The van der Waals surface area contributed by atoms with E-state index in [2.05, 4.69) is 67.2 Å². The van der Waals surface area contributed by atoms with Crippen LogP contribution in [0.3, 0.4) is 0 Å². The zero-order valence-electron chi connectivity index (χ0n) is 16.0. The van der Waals surface area contributed by atoms with Crippen molar-refractivity contribution in [1.82, 2.24) is 4.57 Å². The van der Waals surface area contributed by atoms with E-state index in [1.807, 2.05) is 6.21 Å². The molecule has 5 rings (SSSR count). The Morgan fingerprint density at radius 1 is 1.18 bits per heavy atom. The van der Waals surface area contributed by atoms with E-state index in [0.717, 1.165) is 35.6 Å². The SMILES string of the molecule is Cn1c2ccccc2c2cc(C=Nc3sc4c(c3C#N)CC[NH+](C)C4)ccc21. The first-order chi connectivity index (χ1) is 13.7. The zero-order chi connectivity index (χ0) is 19.3. The van der Waals surface area contributed by atoms with Gasteiger partial charge in [0, 0.05) is 41.5 Å². The van der Waals surface area contributed by atoms with E-state index in [9.17, 15) is 5.26 Å². The number of hydrogen-bond donors (Lipinski definition) is 1. The van der Waals surface area contributed by atoms with Crippen LogP contribution >= 0.6 is 11.3 Å². The fourth-order valence-electron chi connectivity index (χ4n) is 4.21. The van der Waals surface area contributed by atoms with E-state index in [1.165, 1.54) is 37.1 Å². The van der Waals surface area contributed by atoms with Crippen molar-refractivity contribution in [2.24, 2.45) is 12.0 Å². The van der Waals surface area contributed by atoms with Crippen molar-refractivity contribution in [3.8, 4) is 6.07 Å². The van der Waals surface area contributed by atoms with Gasteiger partial charge in [0.05, 0.1) is 24.0 Å². The zero-order valence-corrected chi connectivity index (χ0v) is 16.8. The van der Waals surface area contributed by atoms with Crippen LogP contribution < -0.4 is 4.90 Å². The molecule has 0 saturated heterocycles. The number of nitriles is 1. The summed E-state index contributed by atoms with van der Waals surface area (Å²) in [4.78, 5) is 7.54. The Balaban J connectivity index is 1.56. The van der Waals surface area contributed by atoms with Crippen LogP contribution in [0.15, 0.2) is 47.5 Å². The Bertz CT molecular complexity index is 1290. The van der Waals surface area contributed by atoms with Gasteiger partial charge >= 0.3 is 0 Å². The molecule has 5 heteroatoms. The number of rotatable bonds is 2. The van der Waals surface area contributed by atoms with E-state index in [1.54, 1.807) is 11.3 Å². The summed E-state index contributed by atoms with van der Waals surface area (Å²) in [7, 11) is 4.31. The molecule has 1 N–H and O–H groups in total. The lowest BCUT2D eigenvalue weighted by molar-refractivity contribution is -0.895. The molecule has 1 atom stereocenters. The third-order valence-corrected chi connectivity index (χ3v) is 6.86. The maximum Gasteiger partial charge on any atom is 0.134 e. The first kappa shape index (κ1) is 17.2. The number of aromatic nitrogens is 1. The molecule has 0 fully saturated rings. The van der Waals surface area contributed by atoms with Gasteiger partial charge in [-0.05, 0) is 29.3 Å². The molecule has 4 nitrogen and oxygen atoms in total. The van der Waals surface area contributed by atoms with Crippen molar-refractivity contribution in [3.63, 3.8) is 0 Å². The van der Waals surface area contributed by atoms with Gasteiger partial charge in [0.15, 0.2) is 0 Å². The molecule has 4 aromatic rings. The number of para-hydroxylation sites is 1. The lowest BCUT2D eigenvalue weighted by Crippen LogP contribution is -3.08. The summed E-state index contributed by atoms with van der Waals surface area (Å²) < 4.78 is 2.23. The molecule has 138 valence electrons. The molecule has 2 aromatic carbocycles. The standard InChI is InChI=1S/C23H20N4S/c1-26-10-9-17-19(12-24)23(28-22(17)14-26)25-13-15-7-8-21-18(11-15)16-5-3-4-6-20(16)27(21)2/h3-8,11,13H,9-10,14H2,1-2H3/p+1. The van der Waals surface area contributed by atoms with Crippen LogP contribution in [0.1, 0.15) is 21.6 Å². The van der Waals surface area contributed by atoms with E-state index in [-0.39, 0.29) is 0 Å². The topological polar surface area (TPSA) is 45.5 Å². The average Bonchev–Trinajstić information content (AvgIpc) is 3.21. The number of likely N-dealkylation sites (N-methyl/N-ethyl adjacent to an activating group) is 1. The van der Waals surface area contributed by atoms with Crippen molar-refractivity contribution in [2.45, 2.75) is 13.0 Å². The lowest BCUT2D eigenvalue weighted by atomic mass is 10.0. The molecule has 1 aliphatic rings. The number of benzene rings is 2. The van der Waals surface area contributed by atoms with Crippen LogP contribution in [-0.4, -0.2) is 24.4 Å². The molecule has 28 heavy (non-hydrogen) atoms. The number of nitrogens with one attached hydrogen (secondary N) is 1. The van der Waals surface area contributed by atoms with Crippen molar-refractivity contribution in [1.29, 1.82) is 5.26 Å². The van der Waals surface area contributed by atoms with Gasteiger partial charge in [-0.1, -0.05) is 24.3 Å². The van der Waals surface area contributed by atoms with Crippen LogP contribution in [-0.2, 0) is 20.0 Å². The summed E-state index contributed by atoms with van der Waals surface area (Å²) in [6.45, 7) is 2.07. The Morgan fingerprint density at radius 2 is 2.00 bits per heavy atom. The van der Waals surface area contributed by atoms with Crippen LogP contribution in [0.5, 0.6) is 0 Å². The Morgan fingerprint density at radius 3 is 2.86 bits per heavy atom. The third kappa shape index (κ3) is 2.65. The summed E-state index contributed by atoms with van der Waals surface area (Å²) in [5.41, 5.74) is 5.50. The van der Waals surface area contributed by atoms with E-state index < -0.39 is 0 Å². The van der Waals surface area contributed by atoms with Gasteiger partial charge in [-0.2, -0.15) is 5.26 Å². The first-order valence-corrected chi connectivity index (χ1v) is 10.3. The van der Waals surface area contributed by atoms with Gasteiger partial charge in [0.1, 0.15) is 17.6 Å². The molecule has 0 saturated carbocycles. The maximum atomic E-state index is 9.66. The Kier molecular flexibility index (Phi) is 4.04. The van der Waals surface area contributed by atoms with Gasteiger partial charge in [-0.15, -0.1) is 11.3 Å². The first-order valence-electron chi connectivity index (χ1n) is 9.53. The molecule has 1 aliphatic heterocycles. The van der Waals surface area contributed by atoms with E-state index in [4.69, 9.17) is 4.99 Å². The number of hydrogen-bond acceptors (Lipinski definition) is 3. The predicted octanol–water partition coefficient (Wildman–Crippen LogP) is 3.59. The van der Waals surface area contributed by atoms with Crippen LogP contribution in [0.25, 0.3) is 21.8 Å². The minimum Gasteiger partial charge on any atom is -0.344 e. The summed E-state index contributed by atoms with van der Waals surface area (Å²) in [6, 6.07) is 17.3. The lowest BCUT2D eigenvalue weighted by Gasteiger charge is -2.18. The van der Waals surface area contributed by atoms with Crippen molar-refractivity contribution < 1.29 is 4.90 Å². The monoisotopic (exact) mass is 385 g/mol. The Labute approximate surface area is 168 Å². The molecule has 1 unspecified atom stereocenters. The van der Waals surface area contributed by atoms with Gasteiger partial charge in [0.25, 0.3) is 0 Å². The van der Waals surface area contributed by atoms with Gasteiger partial charge in [-0.25, -0.2) is 4.99 Å². The number of thiophene rings is 1. The fourth-order valence-corrected chi connectivity index (χ4v) is 5.47. The predicted molar refractivity (Wildman–Crippen MR) is 116 cm³/mol. The fraction of sp³-hybridized carbons (Fsp3) is 0.217. The number of quaternary nitrogens is 1. The number of aryl methyl sites for hydroxylation is 1.